The van der Waals surface area contributed by atoms with Gasteiger partial charge < -0.3 is 10.2 Å². The summed E-state index contributed by atoms with van der Waals surface area (Å²) in [6, 6.07) is 8.08. The average molecular weight is 239 g/mol. The van der Waals surface area contributed by atoms with E-state index in [1.165, 1.54) is 0 Å². The lowest BCUT2D eigenvalue weighted by Crippen LogP contribution is -2.39. The topological polar surface area (TPSA) is 15.3 Å². The van der Waals surface area contributed by atoms with Gasteiger partial charge in [-0.05, 0) is 32.4 Å². The minimum atomic E-state index is 0.232. The molecule has 1 aromatic carbocycles. The Morgan fingerprint density at radius 3 is 2.75 bits per heavy atom. The number of anilines is 1. The normalized spacial score (nSPS) is 20.6. The Bertz CT molecular complexity index is 363. The first kappa shape index (κ1) is 11.7. The number of benzene rings is 1. The molecule has 2 nitrogen and oxygen atoms in total. The van der Waals surface area contributed by atoms with Crippen molar-refractivity contribution in [3.63, 3.8) is 0 Å². The lowest BCUT2D eigenvalue weighted by Gasteiger charge is -2.25. The molecule has 3 heteroatoms. The van der Waals surface area contributed by atoms with Gasteiger partial charge in [-0.3, -0.25) is 0 Å². The summed E-state index contributed by atoms with van der Waals surface area (Å²) < 4.78 is 0. The molecule has 0 unspecified atom stereocenters. The predicted molar refractivity (Wildman–Crippen MR) is 70.4 cm³/mol. The van der Waals surface area contributed by atoms with E-state index in [1.54, 1.807) is 0 Å². The smallest absolute Gasteiger partial charge is 0.0639 e. The van der Waals surface area contributed by atoms with Crippen LogP contribution in [0.5, 0.6) is 0 Å². The Labute approximate surface area is 103 Å². The van der Waals surface area contributed by atoms with Crippen LogP contribution in [0, 0.1) is 0 Å². The number of rotatable bonds is 1. The highest BCUT2D eigenvalue weighted by Gasteiger charge is 2.22. The molecular formula is C13H19ClN2. The second-order valence-corrected chi connectivity index (χ2v) is 5.41. The molecule has 0 bridgehead atoms. The van der Waals surface area contributed by atoms with E-state index >= 15 is 0 Å². The lowest BCUT2D eigenvalue weighted by atomic mass is 10.0. The summed E-state index contributed by atoms with van der Waals surface area (Å²) in [6.45, 7) is 7.60. The molecule has 0 aliphatic carbocycles. The summed E-state index contributed by atoms with van der Waals surface area (Å²) in [4.78, 5) is 2.37. The second-order valence-electron chi connectivity index (χ2n) is 5.00. The highest BCUT2D eigenvalue weighted by molar-refractivity contribution is 6.33. The van der Waals surface area contributed by atoms with Crippen molar-refractivity contribution in [2.75, 3.05) is 24.5 Å². The van der Waals surface area contributed by atoms with E-state index < -0.39 is 0 Å². The van der Waals surface area contributed by atoms with Gasteiger partial charge >= 0.3 is 0 Å². The van der Waals surface area contributed by atoms with Crippen LogP contribution in [0.15, 0.2) is 24.3 Å². The number of halogens is 1. The van der Waals surface area contributed by atoms with Gasteiger partial charge in [-0.1, -0.05) is 23.7 Å². The molecule has 0 aromatic heterocycles. The van der Waals surface area contributed by atoms with Crippen LogP contribution in [0.25, 0.3) is 0 Å². The Hall–Kier alpha value is -0.730. The minimum absolute atomic E-state index is 0.232. The fourth-order valence-corrected chi connectivity index (χ4v) is 2.35. The standard InChI is InChI=1S/C13H19ClN2/c1-13(2)7-9-16(10-8-15-13)12-6-4-3-5-11(12)14/h3-6,15H,7-10H2,1-2H3. The monoisotopic (exact) mass is 238 g/mol. The minimum Gasteiger partial charge on any atom is -0.369 e. The SMILES string of the molecule is CC1(C)CCN(c2ccccc2Cl)CCN1. The van der Waals surface area contributed by atoms with E-state index in [9.17, 15) is 0 Å². The Balaban J connectivity index is 2.14. The van der Waals surface area contributed by atoms with Gasteiger partial charge in [-0.25, -0.2) is 0 Å². The van der Waals surface area contributed by atoms with Crippen LogP contribution in [-0.2, 0) is 0 Å². The molecule has 1 aliphatic heterocycles. The highest BCUT2D eigenvalue weighted by atomic mass is 35.5. The summed E-state index contributed by atoms with van der Waals surface area (Å²) in [5.74, 6) is 0. The van der Waals surface area contributed by atoms with Crippen molar-refractivity contribution < 1.29 is 0 Å². The van der Waals surface area contributed by atoms with E-state index in [4.69, 9.17) is 11.6 Å². The number of nitrogens with one attached hydrogen (secondary N) is 1. The predicted octanol–water partition coefficient (Wildman–Crippen LogP) is 2.92. The zero-order valence-electron chi connectivity index (χ0n) is 9.96. The summed E-state index contributed by atoms with van der Waals surface area (Å²) in [6.07, 6.45) is 1.14. The van der Waals surface area contributed by atoms with Crippen molar-refractivity contribution in [1.29, 1.82) is 0 Å². The van der Waals surface area contributed by atoms with Gasteiger partial charge in [0.2, 0.25) is 0 Å². The molecule has 16 heavy (non-hydrogen) atoms. The molecule has 1 saturated heterocycles. The molecule has 88 valence electrons. The number of hydrogen-bond acceptors (Lipinski definition) is 2. The zero-order valence-corrected chi connectivity index (χ0v) is 10.7. The fourth-order valence-electron chi connectivity index (χ4n) is 2.09. The van der Waals surface area contributed by atoms with Crippen LogP contribution in [0.1, 0.15) is 20.3 Å². The maximum Gasteiger partial charge on any atom is 0.0639 e. The van der Waals surface area contributed by atoms with Gasteiger partial charge in [0.05, 0.1) is 10.7 Å². The Morgan fingerprint density at radius 2 is 2.00 bits per heavy atom. The first-order valence-electron chi connectivity index (χ1n) is 5.83. The first-order chi connectivity index (χ1) is 7.58. The molecule has 1 N–H and O–H groups in total. The Morgan fingerprint density at radius 1 is 1.25 bits per heavy atom. The van der Waals surface area contributed by atoms with E-state index in [2.05, 4.69) is 30.1 Å². The average Bonchev–Trinajstić information content (AvgIpc) is 2.40. The van der Waals surface area contributed by atoms with Crippen molar-refractivity contribution in [3.8, 4) is 0 Å². The fraction of sp³-hybridized carbons (Fsp3) is 0.538. The molecule has 1 fully saturated rings. The quantitative estimate of drug-likeness (QED) is 0.810. The van der Waals surface area contributed by atoms with E-state index in [0.717, 1.165) is 36.8 Å². The van der Waals surface area contributed by atoms with Gasteiger partial charge in [0, 0.05) is 25.2 Å². The molecule has 1 heterocycles. The van der Waals surface area contributed by atoms with Crippen molar-refractivity contribution in [3.05, 3.63) is 29.3 Å². The van der Waals surface area contributed by atoms with Crippen LogP contribution in [0.2, 0.25) is 5.02 Å². The molecule has 0 saturated carbocycles. The highest BCUT2D eigenvalue weighted by Crippen LogP contribution is 2.26. The third kappa shape index (κ3) is 2.69. The molecule has 0 radical (unpaired) electrons. The van der Waals surface area contributed by atoms with Crippen molar-refractivity contribution in [1.82, 2.24) is 5.32 Å². The summed E-state index contributed by atoms with van der Waals surface area (Å²) >= 11 is 6.22. The van der Waals surface area contributed by atoms with Gasteiger partial charge in [0.25, 0.3) is 0 Å². The van der Waals surface area contributed by atoms with Crippen LogP contribution in [0.3, 0.4) is 0 Å². The molecular weight excluding hydrogens is 220 g/mol. The number of hydrogen-bond donors (Lipinski definition) is 1. The number of nitrogens with zero attached hydrogens (tertiary/aromatic N) is 1. The first-order valence-corrected chi connectivity index (χ1v) is 6.21. The van der Waals surface area contributed by atoms with Crippen molar-refractivity contribution in [2.45, 2.75) is 25.8 Å². The van der Waals surface area contributed by atoms with E-state index in [1.807, 2.05) is 18.2 Å². The maximum atomic E-state index is 6.22. The van der Waals surface area contributed by atoms with Gasteiger partial charge in [-0.2, -0.15) is 0 Å². The van der Waals surface area contributed by atoms with Gasteiger partial charge in [-0.15, -0.1) is 0 Å². The third-order valence-electron chi connectivity index (χ3n) is 3.19. The van der Waals surface area contributed by atoms with Crippen LogP contribution >= 0.6 is 11.6 Å². The zero-order chi connectivity index (χ0) is 11.6. The lowest BCUT2D eigenvalue weighted by molar-refractivity contribution is 0.394. The molecule has 0 amide bonds. The second kappa shape index (κ2) is 4.64. The summed E-state index contributed by atoms with van der Waals surface area (Å²) in [5.41, 5.74) is 1.39. The van der Waals surface area contributed by atoms with Gasteiger partial charge in [0.1, 0.15) is 0 Å². The molecule has 2 rings (SSSR count). The summed E-state index contributed by atoms with van der Waals surface area (Å²) in [5, 5.41) is 4.40. The maximum absolute atomic E-state index is 6.22. The van der Waals surface area contributed by atoms with Crippen molar-refractivity contribution >= 4 is 17.3 Å². The van der Waals surface area contributed by atoms with Gasteiger partial charge in [0.15, 0.2) is 0 Å². The molecule has 1 aliphatic rings. The van der Waals surface area contributed by atoms with Crippen LogP contribution in [0.4, 0.5) is 5.69 Å². The number of para-hydroxylation sites is 1. The van der Waals surface area contributed by atoms with Crippen LogP contribution < -0.4 is 10.2 Å². The Kier molecular flexibility index (Phi) is 3.41. The molecule has 0 atom stereocenters. The largest absolute Gasteiger partial charge is 0.369 e. The molecule has 1 aromatic rings. The summed E-state index contributed by atoms with van der Waals surface area (Å²) in [7, 11) is 0. The van der Waals surface area contributed by atoms with E-state index in [0.29, 0.717) is 0 Å². The van der Waals surface area contributed by atoms with E-state index in [-0.39, 0.29) is 5.54 Å². The van der Waals surface area contributed by atoms with Crippen molar-refractivity contribution in [2.24, 2.45) is 0 Å². The van der Waals surface area contributed by atoms with Crippen LogP contribution in [-0.4, -0.2) is 25.2 Å². The third-order valence-corrected chi connectivity index (χ3v) is 3.50. The molecule has 0 spiro atoms.